The van der Waals surface area contributed by atoms with E-state index in [1.807, 2.05) is 0 Å². The molecule has 17 heavy (non-hydrogen) atoms. The molecule has 0 saturated heterocycles. The van der Waals surface area contributed by atoms with Crippen molar-refractivity contribution in [2.75, 3.05) is 0 Å². The summed E-state index contributed by atoms with van der Waals surface area (Å²) in [5.41, 5.74) is 1.55. The molecule has 1 aromatic carbocycles. The molecule has 0 radical (unpaired) electrons. The molecule has 0 aliphatic rings. The molecule has 2 rings (SSSR count). The van der Waals surface area contributed by atoms with Gasteiger partial charge >= 0.3 is 0 Å². The van der Waals surface area contributed by atoms with Crippen LogP contribution in [0.1, 0.15) is 11.6 Å². The number of nitro groups is 1. The molecule has 0 aliphatic carbocycles. The minimum absolute atomic E-state index is 0.0532. The number of aromatic nitrogens is 1. The molecule has 0 saturated carbocycles. The average molecular weight is 250 g/mol. The molecule has 1 heterocycles. The maximum atomic E-state index is 10.5. The van der Waals surface area contributed by atoms with Gasteiger partial charge in [-0.2, -0.15) is 12.6 Å². The molecule has 1 aromatic heterocycles. The van der Waals surface area contributed by atoms with Gasteiger partial charge in [0, 0.05) is 30.4 Å². The van der Waals surface area contributed by atoms with Gasteiger partial charge < -0.3 is 4.42 Å². The van der Waals surface area contributed by atoms with Crippen LogP contribution in [0.3, 0.4) is 0 Å². The number of thiol groups is 1. The Kier molecular flexibility index (Phi) is 3.14. The van der Waals surface area contributed by atoms with Crippen LogP contribution in [0.4, 0.5) is 5.69 Å². The Morgan fingerprint density at radius 3 is 2.59 bits per heavy atom. The van der Waals surface area contributed by atoms with E-state index in [1.54, 1.807) is 19.1 Å². The largest absolute Gasteiger partial charge is 0.441 e. The minimum Gasteiger partial charge on any atom is -0.441 e. The van der Waals surface area contributed by atoms with Crippen LogP contribution in [0.25, 0.3) is 11.3 Å². The number of nitrogens with zero attached hydrogens (tertiary/aromatic N) is 2. The molecule has 0 aliphatic heterocycles. The zero-order valence-electron chi connectivity index (χ0n) is 9.08. The Balaban J connectivity index is 2.42. The first-order chi connectivity index (χ1) is 8.11. The van der Waals surface area contributed by atoms with Crippen molar-refractivity contribution in [3.8, 4) is 11.3 Å². The van der Waals surface area contributed by atoms with Gasteiger partial charge in [0.05, 0.1) is 10.6 Å². The van der Waals surface area contributed by atoms with Crippen LogP contribution in [0, 0.1) is 17.0 Å². The SMILES string of the molecule is Cc1nc(CS)c(-c2ccc([N+](=O)[O-])cc2)o1. The zero-order valence-corrected chi connectivity index (χ0v) is 9.98. The van der Waals surface area contributed by atoms with Gasteiger partial charge in [0.2, 0.25) is 0 Å². The Bertz CT molecular complexity index is 548. The summed E-state index contributed by atoms with van der Waals surface area (Å²) in [6, 6.07) is 6.17. The van der Waals surface area contributed by atoms with Crippen molar-refractivity contribution in [2.24, 2.45) is 0 Å². The molecule has 5 nitrogen and oxygen atoms in total. The molecule has 0 spiro atoms. The van der Waals surface area contributed by atoms with Crippen molar-refractivity contribution in [2.45, 2.75) is 12.7 Å². The van der Waals surface area contributed by atoms with E-state index < -0.39 is 4.92 Å². The molecule has 88 valence electrons. The van der Waals surface area contributed by atoms with Crippen molar-refractivity contribution in [1.82, 2.24) is 4.98 Å². The summed E-state index contributed by atoms with van der Waals surface area (Å²) in [6.45, 7) is 1.75. The first kappa shape index (κ1) is 11.7. The van der Waals surface area contributed by atoms with Crippen molar-refractivity contribution in [3.63, 3.8) is 0 Å². The van der Waals surface area contributed by atoms with Crippen LogP contribution >= 0.6 is 12.6 Å². The van der Waals surface area contributed by atoms with E-state index in [9.17, 15) is 10.1 Å². The Morgan fingerprint density at radius 2 is 2.06 bits per heavy atom. The number of hydrogen-bond donors (Lipinski definition) is 1. The molecule has 0 atom stereocenters. The summed E-state index contributed by atoms with van der Waals surface area (Å²) in [7, 11) is 0. The number of hydrogen-bond acceptors (Lipinski definition) is 5. The first-order valence-corrected chi connectivity index (χ1v) is 5.57. The Hall–Kier alpha value is -1.82. The van der Waals surface area contributed by atoms with Crippen LogP contribution in [-0.4, -0.2) is 9.91 Å². The third kappa shape index (κ3) is 2.31. The fraction of sp³-hybridized carbons (Fsp3) is 0.182. The van der Waals surface area contributed by atoms with Gasteiger partial charge in [-0.1, -0.05) is 0 Å². The van der Waals surface area contributed by atoms with Crippen LogP contribution < -0.4 is 0 Å². The van der Waals surface area contributed by atoms with E-state index in [4.69, 9.17) is 4.42 Å². The second-order valence-electron chi connectivity index (χ2n) is 3.47. The Morgan fingerprint density at radius 1 is 1.41 bits per heavy atom. The lowest BCUT2D eigenvalue weighted by molar-refractivity contribution is -0.384. The van der Waals surface area contributed by atoms with Gasteiger partial charge in [0.25, 0.3) is 5.69 Å². The topological polar surface area (TPSA) is 69.2 Å². The van der Waals surface area contributed by atoms with Gasteiger partial charge in [0.15, 0.2) is 11.7 Å². The van der Waals surface area contributed by atoms with E-state index >= 15 is 0 Å². The summed E-state index contributed by atoms with van der Waals surface area (Å²) >= 11 is 4.17. The summed E-state index contributed by atoms with van der Waals surface area (Å²) in [4.78, 5) is 14.3. The molecule has 6 heteroatoms. The van der Waals surface area contributed by atoms with E-state index in [-0.39, 0.29) is 5.69 Å². The van der Waals surface area contributed by atoms with Gasteiger partial charge in [-0.3, -0.25) is 10.1 Å². The number of non-ortho nitro benzene ring substituents is 1. The maximum Gasteiger partial charge on any atom is 0.269 e. The van der Waals surface area contributed by atoms with Crippen molar-refractivity contribution in [1.29, 1.82) is 0 Å². The second kappa shape index (κ2) is 4.58. The molecule has 0 N–H and O–H groups in total. The van der Waals surface area contributed by atoms with Gasteiger partial charge in [-0.15, -0.1) is 0 Å². The van der Waals surface area contributed by atoms with Crippen molar-refractivity contribution in [3.05, 3.63) is 46.0 Å². The van der Waals surface area contributed by atoms with E-state index in [0.717, 1.165) is 11.3 Å². The van der Waals surface area contributed by atoms with E-state index in [0.29, 0.717) is 17.4 Å². The summed E-state index contributed by atoms with van der Waals surface area (Å²) < 4.78 is 5.46. The lowest BCUT2D eigenvalue weighted by Gasteiger charge is -1.98. The number of rotatable bonds is 3. The standard InChI is InChI=1S/C11H10N2O3S/c1-7-12-10(6-17)11(16-7)8-2-4-9(5-3-8)13(14)15/h2-5,17H,6H2,1H3. The highest BCUT2D eigenvalue weighted by Gasteiger charge is 2.13. The van der Waals surface area contributed by atoms with Crippen LogP contribution in [-0.2, 0) is 5.75 Å². The highest BCUT2D eigenvalue weighted by Crippen LogP contribution is 2.27. The van der Waals surface area contributed by atoms with Crippen LogP contribution in [0.15, 0.2) is 28.7 Å². The molecule has 2 aromatic rings. The molecular weight excluding hydrogens is 240 g/mol. The predicted octanol–water partition coefficient (Wildman–Crippen LogP) is 2.99. The summed E-state index contributed by atoms with van der Waals surface area (Å²) in [6.07, 6.45) is 0. The quantitative estimate of drug-likeness (QED) is 0.516. The fourth-order valence-corrected chi connectivity index (χ4v) is 1.75. The predicted molar refractivity (Wildman–Crippen MR) is 66.0 cm³/mol. The van der Waals surface area contributed by atoms with Gasteiger partial charge in [-0.05, 0) is 12.1 Å². The molecular formula is C11H10N2O3S. The molecule has 0 fully saturated rings. The lowest BCUT2D eigenvalue weighted by atomic mass is 10.1. The van der Waals surface area contributed by atoms with Crippen LogP contribution in [0.2, 0.25) is 0 Å². The second-order valence-corrected chi connectivity index (χ2v) is 3.79. The van der Waals surface area contributed by atoms with E-state index in [1.165, 1.54) is 12.1 Å². The number of benzene rings is 1. The first-order valence-electron chi connectivity index (χ1n) is 4.94. The molecule has 0 bridgehead atoms. The number of nitro benzene ring substituents is 1. The van der Waals surface area contributed by atoms with Gasteiger partial charge in [-0.25, -0.2) is 4.98 Å². The Labute approximate surface area is 103 Å². The average Bonchev–Trinajstić information content (AvgIpc) is 2.70. The monoisotopic (exact) mass is 250 g/mol. The third-order valence-corrected chi connectivity index (χ3v) is 2.59. The lowest BCUT2D eigenvalue weighted by Crippen LogP contribution is -1.88. The fourth-order valence-electron chi connectivity index (χ4n) is 1.54. The maximum absolute atomic E-state index is 10.5. The third-order valence-electron chi connectivity index (χ3n) is 2.29. The van der Waals surface area contributed by atoms with Crippen molar-refractivity contribution < 1.29 is 9.34 Å². The normalized spacial score (nSPS) is 10.5. The highest BCUT2D eigenvalue weighted by molar-refractivity contribution is 7.79. The minimum atomic E-state index is -0.436. The van der Waals surface area contributed by atoms with Gasteiger partial charge in [0.1, 0.15) is 0 Å². The zero-order chi connectivity index (χ0) is 12.4. The smallest absolute Gasteiger partial charge is 0.269 e. The molecule has 0 unspecified atom stereocenters. The van der Waals surface area contributed by atoms with Crippen molar-refractivity contribution >= 4 is 18.3 Å². The summed E-state index contributed by atoms with van der Waals surface area (Å²) in [5, 5.41) is 10.5. The molecule has 0 amide bonds. The summed E-state index contributed by atoms with van der Waals surface area (Å²) in [5.74, 6) is 1.64. The van der Waals surface area contributed by atoms with E-state index in [2.05, 4.69) is 17.6 Å². The highest BCUT2D eigenvalue weighted by atomic mass is 32.1. The number of aryl methyl sites for hydroxylation is 1. The number of oxazole rings is 1. The van der Waals surface area contributed by atoms with Crippen LogP contribution in [0.5, 0.6) is 0 Å².